The molecule has 0 fully saturated rings. The maximum absolute atomic E-state index is 13.8. The first-order valence-electron chi connectivity index (χ1n) is 10.6. The summed E-state index contributed by atoms with van der Waals surface area (Å²) in [6, 6.07) is 19.7. The fourth-order valence-corrected chi connectivity index (χ4v) is 3.87. The van der Waals surface area contributed by atoms with Crippen LogP contribution >= 0.6 is 11.6 Å². The Labute approximate surface area is 197 Å². The van der Waals surface area contributed by atoms with Crippen LogP contribution in [0.15, 0.2) is 66.7 Å². The van der Waals surface area contributed by atoms with Gasteiger partial charge in [-0.3, -0.25) is 14.5 Å². The average molecular weight is 465 g/mol. The summed E-state index contributed by atoms with van der Waals surface area (Å²) >= 11 is 6.23. The summed E-state index contributed by atoms with van der Waals surface area (Å²) < 4.78 is 6.22. The van der Waals surface area contributed by atoms with Gasteiger partial charge in [0, 0.05) is 11.4 Å². The Morgan fingerprint density at radius 3 is 2.61 bits per heavy atom. The van der Waals surface area contributed by atoms with E-state index in [2.05, 4.69) is 15.6 Å². The van der Waals surface area contributed by atoms with Crippen LogP contribution < -0.4 is 20.3 Å². The number of carbonyl (C=O) groups excluding carboxylic acids is 2. The SMILES string of the molecule is CNC(C)C(=O)Nc1ccc2c(n1)OC(C)(Cc1ccccc1)C(=O)N2c1cccc(Cl)c1. The van der Waals surface area contributed by atoms with Crippen LogP contribution in [0.2, 0.25) is 5.02 Å². The number of ether oxygens (including phenoxy) is 1. The third-order valence-corrected chi connectivity index (χ3v) is 5.82. The van der Waals surface area contributed by atoms with Gasteiger partial charge in [-0.25, -0.2) is 0 Å². The van der Waals surface area contributed by atoms with Crippen LogP contribution in [0.3, 0.4) is 0 Å². The van der Waals surface area contributed by atoms with Crippen LogP contribution in [0.25, 0.3) is 0 Å². The summed E-state index contributed by atoms with van der Waals surface area (Å²) in [5, 5.41) is 6.18. The number of benzene rings is 2. The van der Waals surface area contributed by atoms with Crippen molar-refractivity contribution in [3.8, 4) is 5.88 Å². The Morgan fingerprint density at radius 1 is 1.15 bits per heavy atom. The van der Waals surface area contributed by atoms with Gasteiger partial charge in [-0.1, -0.05) is 48.0 Å². The van der Waals surface area contributed by atoms with Crippen LogP contribution in [0, 0.1) is 0 Å². The molecule has 2 amide bonds. The molecule has 0 spiro atoms. The van der Waals surface area contributed by atoms with Gasteiger partial charge < -0.3 is 15.4 Å². The van der Waals surface area contributed by atoms with E-state index in [1.807, 2.05) is 36.4 Å². The molecule has 4 rings (SSSR count). The summed E-state index contributed by atoms with van der Waals surface area (Å²) in [5.41, 5.74) is 0.825. The molecule has 0 aliphatic carbocycles. The van der Waals surface area contributed by atoms with E-state index >= 15 is 0 Å². The summed E-state index contributed by atoms with van der Waals surface area (Å²) in [6.45, 7) is 3.50. The van der Waals surface area contributed by atoms with Gasteiger partial charge in [0.05, 0.1) is 11.7 Å². The van der Waals surface area contributed by atoms with Crippen molar-refractivity contribution in [1.82, 2.24) is 10.3 Å². The van der Waals surface area contributed by atoms with Gasteiger partial charge in [0.25, 0.3) is 5.91 Å². The lowest BCUT2D eigenvalue weighted by Crippen LogP contribution is -2.54. The highest BCUT2D eigenvalue weighted by Gasteiger charge is 2.46. The highest BCUT2D eigenvalue weighted by molar-refractivity contribution is 6.31. The maximum atomic E-state index is 13.8. The molecule has 0 bridgehead atoms. The minimum absolute atomic E-state index is 0.226. The van der Waals surface area contributed by atoms with E-state index in [9.17, 15) is 9.59 Å². The molecular weight excluding hydrogens is 440 g/mol. The molecule has 2 N–H and O–H groups in total. The first-order chi connectivity index (χ1) is 15.8. The van der Waals surface area contributed by atoms with E-state index in [1.165, 1.54) is 0 Å². The van der Waals surface area contributed by atoms with Crippen molar-refractivity contribution in [2.75, 3.05) is 17.3 Å². The lowest BCUT2D eigenvalue weighted by molar-refractivity contribution is -0.133. The van der Waals surface area contributed by atoms with Crippen molar-refractivity contribution in [1.29, 1.82) is 0 Å². The van der Waals surface area contributed by atoms with Crippen molar-refractivity contribution in [3.05, 3.63) is 77.3 Å². The number of amides is 2. The molecule has 1 aromatic heterocycles. The Kier molecular flexibility index (Phi) is 6.35. The number of carbonyl (C=O) groups is 2. The Balaban J connectivity index is 1.77. The largest absolute Gasteiger partial charge is 0.459 e. The average Bonchev–Trinajstić information content (AvgIpc) is 2.80. The number of likely N-dealkylation sites (N-methyl/N-ethyl adjacent to an activating group) is 1. The van der Waals surface area contributed by atoms with Crippen molar-refractivity contribution < 1.29 is 14.3 Å². The molecule has 170 valence electrons. The van der Waals surface area contributed by atoms with E-state index in [0.717, 1.165) is 5.56 Å². The van der Waals surface area contributed by atoms with Gasteiger partial charge in [-0.15, -0.1) is 0 Å². The summed E-state index contributed by atoms with van der Waals surface area (Å²) in [4.78, 5) is 32.2. The smallest absolute Gasteiger partial charge is 0.276 e. The normalized spacial score (nSPS) is 18.3. The standard InChI is InChI=1S/C25H25ClN4O3/c1-16(27-3)22(31)28-21-13-12-20-23(29-21)33-25(2,15-17-8-5-4-6-9-17)24(32)30(20)19-11-7-10-18(26)14-19/h4-14,16,27H,15H2,1-3H3,(H,28,29,31). The molecule has 2 unspecified atom stereocenters. The van der Waals surface area contributed by atoms with Gasteiger partial charge in [0.15, 0.2) is 5.60 Å². The molecule has 0 saturated carbocycles. The number of hydrogen-bond acceptors (Lipinski definition) is 5. The molecule has 0 saturated heterocycles. The number of rotatable bonds is 6. The second-order valence-electron chi connectivity index (χ2n) is 8.14. The number of anilines is 3. The fourth-order valence-electron chi connectivity index (χ4n) is 3.69. The summed E-state index contributed by atoms with van der Waals surface area (Å²) in [6.07, 6.45) is 0.345. The summed E-state index contributed by atoms with van der Waals surface area (Å²) in [5.74, 6) is 0.130. The minimum atomic E-state index is -1.22. The minimum Gasteiger partial charge on any atom is -0.459 e. The van der Waals surface area contributed by atoms with Crippen molar-refractivity contribution >= 4 is 40.6 Å². The third-order valence-electron chi connectivity index (χ3n) is 5.59. The first kappa shape index (κ1) is 22.8. The molecule has 3 aromatic rings. The van der Waals surface area contributed by atoms with Gasteiger partial charge in [-0.2, -0.15) is 4.98 Å². The van der Waals surface area contributed by atoms with Crippen LogP contribution in [0.5, 0.6) is 5.88 Å². The predicted molar refractivity (Wildman–Crippen MR) is 129 cm³/mol. The number of hydrogen-bond donors (Lipinski definition) is 2. The van der Waals surface area contributed by atoms with Gasteiger partial charge in [0.2, 0.25) is 11.8 Å². The second kappa shape index (κ2) is 9.21. The summed E-state index contributed by atoms with van der Waals surface area (Å²) in [7, 11) is 1.71. The molecule has 2 atom stereocenters. The zero-order valence-corrected chi connectivity index (χ0v) is 19.4. The van der Waals surface area contributed by atoms with Crippen LogP contribution in [-0.2, 0) is 16.0 Å². The molecular formula is C25H25ClN4O3. The molecule has 0 radical (unpaired) electrons. The number of halogens is 1. The molecule has 8 heteroatoms. The van der Waals surface area contributed by atoms with E-state index in [0.29, 0.717) is 28.6 Å². The molecule has 1 aliphatic heterocycles. The second-order valence-corrected chi connectivity index (χ2v) is 8.57. The number of pyridine rings is 1. The quantitative estimate of drug-likeness (QED) is 0.567. The fraction of sp³-hybridized carbons (Fsp3) is 0.240. The van der Waals surface area contributed by atoms with Gasteiger partial charge in [-0.05, 0) is 56.8 Å². The van der Waals surface area contributed by atoms with E-state index < -0.39 is 11.6 Å². The molecule has 33 heavy (non-hydrogen) atoms. The lowest BCUT2D eigenvalue weighted by atomic mass is 9.92. The highest BCUT2D eigenvalue weighted by atomic mass is 35.5. The van der Waals surface area contributed by atoms with Crippen LogP contribution in [-0.4, -0.2) is 35.5 Å². The zero-order valence-electron chi connectivity index (χ0n) is 18.6. The van der Waals surface area contributed by atoms with Crippen molar-refractivity contribution in [2.24, 2.45) is 0 Å². The third kappa shape index (κ3) is 4.69. The van der Waals surface area contributed by atoms with Crippen molar-refractivity contribution in [3.63, 3.8) is 0 Å². The number of nitrogens with zero attached hydrogens (tertiary/aromatic N) is 2. The highest BCUT2D eigenvalue weighted by Crippen LogP contribution is 2.43. The van der Waals surface area contributed by atoms with Crippen LogP contribution in [0.4, 0.5) is 17.2 Å². The topological polar surface area (TPSA) is 83.6 Å². The molecule has 2 aromatic carbocycles. The number of nitrogens with one attached hydrogen (secondary N) is 2. The molecule has 7 nitrogen and oxygen atoms in total. The van der Waals surface area contributed by atoms with E-state index in [4.69, 9.17) is 16.3 Å². The number of aromatic nitrogens is 1. The van der Waals surface area contributed by atoms with Crippen LogP contribution in [0.1, 0.15) is 19.4 Å². The number of fused-ring (bicyclic) bond motifs is 1. The Morgan fingerprint density at radius 2 is 1.91 bits per heavy atom. The Hall–Kier alpha value is -3.42. The maximum Gasteiger partial charge on any atom is 0.276 e. The van der Waals surface area contributed by atoms with Gasteiger partial charge in [0.1, 0.15) is 11.5 Å². The first-order valence-corrected chi connectivity index (χ1v) is 11.0. The lowest BCUT2D eigenvalue weighted by Gasteiger charge is -2.40. The zero-order chi connectivity index (χ0) is 23.6. The predicted octanol–water partition coefficient (Wildman–Crippen LogP) is 4.34. The monoisotopic (exact) mass is 464 g/mol. The molecule has 2 heterocycles. The van der Waals surface area contributed by atoms with Gasteiger partial charge >= 0.3 is 0 Å². The van der Waals surface area contributed by atoms with E-state index in [1.54, 1.807) is 56.1 Å². The van der Waals surface area contributed by atoms with Crippen molar-refractivity contribution in [2.45, 2.75) is 31.9 Å². The Bertz CT molecular complexity index is 1190. The van der Waals surface area contributed by atoms with E-state index in [-0.39, 0.29) is 17.7 Å². The molecule has 1 aliphatic rings.